The lowest BCUT2D eigenvalue weighted by Crippen LogP contribution is -2.27. The molecule has 0 aromatic heterocycles. The predicted octanol–water partition coefficient (Wildman–Crippen LogP) is 2.38. The molecule has 1 rings (SSSR count). The van der Waals surface area contributed by atoms with Gasteiger partial charge in [0.1, 0.15) is 5.82 Å². The highest BCUT2D eigenvalue weighted by Crippen LogP contribution is 2.06. The smallest absolute Gasteiger partial charge is 0.123 e. The third kappa shape index (κ3) is 4.73. The van der Waals surface area contributed by atoms with Crippen LogP contribution >= 0.6 is 0 Å². The van der Waals surface area contributed by atoms with Crippen LogP contribution in [0.2, 0.25) is 0 Å². The van der Waals surface area contributed by atoms with E-state index >= 15 is 0 Å². The molecule has 1 aromatic carbocycles. The summed E-state index contributed by atoms with van der Waals surface area (Å²) in [5, 5.41) is 0. The first-order valence-electron chi connectivity index (χ1n) is 5.80. The van der Waals surface area contributed by atoms with Gasteiger partial charge in [-0.05, 0) is 44.1 Å². The molecule has 0 saturated carbocycles. The van der Waals surface area contributed by atoms with Crippen LogP contribution in [0.4, 0.5) is 4.39 Å². The standard InChI is InChI=1S/C13H21FN2/c1-3-13(15)8-9-16(2)10-11-4-6-12(14)7-5-11/h4-7,13H,3,8-10,15H2,1-2H3. The number of rotatable bonds is 6. The molecular formula is C13H21FN2. The fourth-order valence-electron chi connectivity index (χ4n) is 1.57. The van der Waals surface area contributed by atoms with Crippen molar-refractivity contribution in [2.75, 3.05) is 13.6 Å². The van der Waals surface area contributed by atoms with Crippen LogP contribution in [0, 0.1) is 5.82 Å². The molecule has 1 unspecified atom stereocenters. The van der Waals surface area contributed by atoms with Crippen LogP contribution in [-0.4, -0.2) is 24.5 Å². The Labute approximate surface area is 97.3 Å². The van der Waals surface area contributed by atoms with E-state index in [0.29, 0.717) is 0 Å². The van der Waals surface area contributed by atoms with Crippen molar-refractivity contribution in [3.63, 3.8) is 0 Å². The summed E-state index contributed by atoms with van der Waals surface area (Å²) in [5.41, 5.74) is 6.99. The predicted molar refractivity (Wildman–Crippen MR) is 65.6 cm³/mol. The SMILES string of the molecule is CCC(N)CCN(C)Cc1ccc(F)cc1. The Bertz CT molecular complexity index is 297. The average Bonchev–Trinajstić information content (AvgIpc) is 2.29. The van der Waals surface area contributed by atoms with Gasteiger partial charge in [0.2, 0.25) is 0 Å². The molecule has 90 valence electrons. The summed E-state index contributed by atoms with van der Waals surface area (Å²) < 4.78 is 12.7. The lowest BCUT2D eigenvalue weighted by Gasteiger charge is -2.18. The first-order chi connectivity index (χ1) is 7.61. The van der Waals surface area contributed by atoms with Gasteiger partial charge in [-0.2, -0.15) is 0 Å². The van der Waals surface area contributed by atoms with Gasteiger partial charge in [-0.1, -0.05) is 19.1 Å². The van der Waals surface area contributed by atoms with Crippen molar-refractivity contribution < 1.29 is 4.39 Å². The summed E-state index contributed by atoms with van der Waals surface area (Å²) in [7, 11) is 2.06. The number of nitrogens with two attached hydrogens (primary N) is 1. The molecule has 0 aliphatic carbocycles. The molecule has 2 nitrogen and oxygen atoms in total. The molecule has 0 bridgehead atoms. The normalized spacial score (nSPS) is 13.1. The summed E-state index contributed by atoms with van der Waals surface area (Å²) in [6.07, 6.45) is 2.03. The molecule has 2 N–H and O–H groups in total. The summed E-state index contributed by atoms with van der Waals surface area (Å²) in [6.45, 7) is 3.92. The lowest BCUT2D eigenvalue weighted by atomic mass is 10.1. The number of halogens is 1. The summed E-state index contributed by atoms with van der Waals surface area (Å²) >= 11 is 0. The topological polar surface area (TPSA) is 29.3 Å². The number of nitrogens with zero attached hydrogens (tertiary/aromatic N) is 1. The van der Waals surface area contributed by atoms with Crippen molar-refractivity contribution in [3.05, 3.63) is 35.6 Å². The maximum Gasteiger partial charge on any atom is 0.123 e. The Hall–Kier alpha value is -0.930. The van der Waals surface area contributed by atoms with Gasteiger partial charge in [-0.25, -0.2) is 4.39 Å². The molecule has 3 heteroatoms. The average molecular weight is 224 g/mol. The molecule has 1 atom stereocenters. The van der Waals surface area contributed by atoms with E-state index in [1.807, 2.05) is 12.1 Å². The van der Waals surface area contributed by atoms with Crippen LogP contribution in [0.1, 0.15) is 25.3 Å². The maximum absolute atomic E-state index is 12.7. The number of hydrogen-bond donors (Lipinski definition) is 1. The molecule has 0 aliphatic heterocycles. The second-order valence-corrected chi connectivity index (χ2v) is 4.32. The highest BCUT2D eigenvalue weighted by atomic mass is 19.1. The second kappa shape index (κ2) is 6.61. The highest BCUT2D eigenvalue weighted by molar-refractivity contribution is 5.15. The zero-order valence-corrected chi connectivity index (χ0v) is 10.1. The molecular weight excluding hydrogens is 203 g/mol. The Morgan fingerprint density at radius 3 is 2.50 bits per heavy atom. The first-order valence-corrected chi connectivity index (χ1v) is 5.80. The molecule has 0 amide bonds. The molecule has 0 saturated heterocycles. The Kier molecular flexibility index (Phi) is 5.43. The van der Waals surface area contributed by atoms with E-state index in [4.69, 9.17) is 5.73 Å². The summed E-state index contributed by atoms with van der Waals surface area (Å²) in [5.74, 6) is -0.181. The van der Waals surface area contributed by atoms with Crippen molar-refractivity contribution in [3.8, 4) is 0 Å². The van der Waals surface area contributed by atoms with E-state index in [9.17, 15) is 4.39 Å². The molecule has 16 heavy (non-hydrogen) atoms. The fourth-order valence-corrected chi connectivity index (χ4v) is 1.57. The highest BCUT2D eigenvalue weighted by Gasteiger charge is 2.03. The molecule has 0 spiro atoms. The van der Waals surface area contributed by atoms with Crippen molar-refractivity contribution in [1.82, 2.24) is 4.90 Å². The quantitative estimate of drug-likeness (QED) is 0.804. The molecule has 0 radical (unpaired) electrons. The van der Waals surface area contributed by atoms with E-state index in [0.717, 1.165) is 31.5 Å². The lowest BCUT2D eigenvalue weighted by molar-refractivity contribution is 0.309. The second-order valence-electron chi connectivity index (χ2n) is 4.32. The zero-order valence-electron chi connectivity index (χ0n) is 10.1. The van der Waals surface area contributed by atoms with Crippen LogP contribution in [-0.2, 0) is 6.54 Å². The summed E-state index contributed by atoms with van der Waals surface area (Å²) in [4.78, 5) is 2.21. The zero-order chi connectivity index (χ0) is 12.0. The minimum atomic E-state index is -0.181. The molecule has 1 aromatic rings. The van der Waals surface area contributed by atoms with Crippen molar-refractivity contribution in [2.45, 2.75) is 32.4 Å². The van der Waals surface area contributed by atoms with Crippen LogP contribution in [0.15, 0.2) is 24.3 Å². The molecule has 0 aliphatic rings. The first kappa shape index (κ1) is 13.1. The van der Waals surface area contributed by atoms with Crippen LogP contribution < -0.4 is 5.73 Å². The number of hydrogen-bond acceptors (Lipinski definition) is 2. The van der Waals surface area contributed by atoms with Crippen LogP contribution in [0.25, 0.3) is 0 Å². The van der Waals surface area contributed by atoms with Crippen LogP contribution in [0.3, 0.4) is 0 Å². The minimum Gasteiger partial charge on any atom is -0.328 e. The minimum absolute atomic E-state index is 0.181. The Morgan fingerprint density at radius 1 is 1.31 bits per heavy atom. The largest absolute Gasteiger partial charge is 0.328 e. The van der Waals surface area contributed by atoms with Gasteiger partial charge in [0.15, 0.2) is 0 Å². The Balaban J connectivity index is 2.33. The monoisotopic (exact) mass is 224 g/mol. The van der Waals surface area contributed by atoms with E-state index in [-0.39, 0.29) is 11.9 Å². The third-order valence-corrected chi connectivity index (χ3v) is 2.77. The van der Waals surface area contributed by atoms with Gasteiger partial charge in [0.05, 0.1) is 0 Å². The van der Waals surface area contributed by atoms with E-state index in [1.54, 1.807) is 0 Å². The van der Waals surface area contributed by atoms with Crippen molar-refractivity contribution in [1.29, 1.82) is 0 Å². The fraction of sp³-hybridized carbons (Fsp3) is 0.538. The van der Waals surface area contributed by atoms with Crippen molar-refractivity contribution in [2.24, 2.45) is 5.73 Å². The molecule has 0 heterocycles. The van der Waals surface area contributed by atoms with E-state index in [1.165, 1.54) is 12.1 Å². The molecule has 0 fully saturated rings. The van der Waals surface area contributed by atoms with Crippen LogP contribution in [0.5, 0.6) is 0 Å². The maximum atomic E-state index is 12.7. The third-order valence-electron chi connectivity index (χ3n) is 2.77. The number of benzene rings is 1. The summed E-state index contributed by atoms with van der Waals surface area (Å²) in [6, 6.07) is 6.94. The van der Waals surface area contributed by atoms with Gasteiger partial charge >= 0.3 is 0 Å². The van der Waals surface area contributed by atoms with Gasteiger partial charge in [0, 0.05) is 12.6 Å². The van der Waals surface area contributed by atoms with Gasteiger partial charge < -0.3 is 10.6 Å². The van der Waals surface area contributed by atoms with Gasteiger partial charge in [-0.15, -0.1) is 0 Å². The van der Waals surface area contributed by atoms with E-state index < -0.39 is 0 Å². The Morgan fingerprint density at radius 2 is 1.94 bits per heavy atom. The van der Waals surface area contributed by atoms with Gasteiger partial charge in [-0.3, -0.25) is 0 Å². The van der Waals surface area contributed by atoms with Crippen molar-refractivity contribution >= 4 is 0 Å². The van der Waals surface area contributed by atoms with Gasteiger partial charge in [0.25, 0.3) is 0 Å². The van der Waals surface area contributed by atoms with E-state index in [2.05, 4.69) is 18.9 Å².